The average molecular weight is 398 g/mol. The molecule has 144 valence electrons. The number of sulfone groups is 1. The lowest BCUT2D eigenvalue weighted by molar-refractivity contribution is 0.0682. The van der Waals surface area contributed by atoms with Crippen LogP contribution < -0.4 is 0 Å². The van der Waals surface area contributed by atoms with Crippen molar-refractivity contribution in [3.63, 3.8) is 0 Å². The topological polar surface area (TPSA) is 190 Å². The Bertz CT molecular complexity index is 986. The van der Waals surface area contributed by atoms with Crippen LogP contribution in [0.4, 0.5) is 0 Å². The summed E-state index contributed by atoms with van der Waals surface area (Å²) in [5.74, 6) is -6.43. The van der Waals surface area contributed by atoms with Crippen molar-refractivity contribution >= 4 is 21.8 Å². The van der Waals surface area contributed by atoms with Gasteiger partial charge in [-0.1, -0.05) is 0 Å². The van der Waals surface area contributed by atoms with Crippen LogP contribution in [0, 0.1) is 0 Å². The highest BCUT2D eigenvalue weighted by Gasteiger charge is 2.33. The van der Waals surface area contributed by atoms with Gasteiger partial charge in [0.1, 0.15) is 39.4 Å². The molecule has 0 aliphatic rings. The number of aromatic carboxylic acids is 2. The van der Waals surface area contributed by atoms with E-state index in [1.807, 2.05) is 0 Å². The van der Waals surface area contributed by atoms with Gasteiger partial charge in [-0.3, -0.25) is 0 Å². The average Bonchev–Trinajstić information content (AvgIpc) is 2.51. The van der Waals surface area contributed by atoms with E-state index in [0.717, 1.165) is 6.26 Å². The van der Waals surface area contributed by atoms with E-state index in [0.29, 0.717) is 24.3 Å². The number of rotatable bonds is 5. The fourth-order valence-electron chi connectivity index (χ4n) is 2.58. The predicted molar refractivity (Wildman–Crippen MR) is 90.1 cm³/mol. The Morgan fingerprint density at radius 1 is 0.741 bits per heavy atom. The monoisotopic (exact) mass is 398 g/mol. The van der Waals surface area contributed by atoms with E-state index in [-0.39, 0.29) is 0 Å². The van der Waals surface area contributed by atoms with Crippen molar-refractivity contribution in [3.05, 3.63) is 46.5 Å². The molecule has 0 saturated carbocycles. The highest BCUT2D eigenvalue weighted by Crippen LogP contribution is 2.43. The third-order valence-corrected chi connectivity index (χ3v) is 5.11. The van der Waals surface area contributed by atoms with Gasteiger partial charge in [0.25, 0.3) is 0 Å². The largest absolute Gasteiger partial charge is 0.508 e. The SMILES string of the molecule is CS(=O)(=O)C(c1cc(O)c(C(=O)O)cc1O)c1cc(O)c(C(=O)O)cc1O. The summed E-state index contributed by atoms with van der Waals surface area (Å²) in [6.07, 6.45) is 0.737. The number of hydrogen-bond acceptors (Lipinski definition) is 8. The molecule has 27 heavy (non-hydrogen) atoms. The van der Waals surface area contributed by atoms with Gasteiger partial charge >= 0.3 is 11.9 Å². The number of carboxylic acid groups (broad SMARTS) is 2. The molecule has 11 heteroatoms. The van der Waals surface area contributed by atoms with Gasteiger partial charge in [-0.05, 0) is 24.3 Å². The van der Waals surface area contributed by atoms with Gasteiger partial charge in [0.15, 0.2) is 9.84 Å². The van der Waals surface area contributed by atoms with E-state index in [9.17, 15) is 38.4 Å². The molecule has 2 aromatic rings. The van der Waals surface area contributed by atoms with Crippen LogP contribution in [-0.2, 0) is 9.84 Å². The molecule has 0 spiro atoms. The molecule has 0 saturated heterocycles. The lowest BCUT2D eigenvalue weighted by Gasteiger charge is -2.20. The van der Waals surface area contributed by atoms with Crippen molar-refractivity contribution in [3.8, 4) is 23.0 Å². The number of hydrogen-bond donors (Lipinski definition) is 6. The molecule has 0 unspecified atom stereocenters. The summed E-state index contributed by atoms with van der Waals surface area (Å²) >= 11 is 0. The molecule has 0 aliphatic carbocycles. The van der Waals surface area contributed by atoms with Gasteiger partial charge in [-0.15, -0.1) is 0 Å². The molecule has 0 bridgehead atoms. The molecule has 0 aliphatic heterocycles. The number of phenols is 4. The second-order valence-corrected chi connectivity index (χ2v) is 7.81. The smallest absolute Gasteiger partial charge is 0.339 e. The van der Waals surface area contributed by atoms with Crippen LogP contribution in [0.3, 0.4) is 0 Å². The second kappa shape index (κ2) is 6.68. The molecule has 0 radical (unpaired) electrons. The molecule has 0 aromatic heterocycles. The lowest BCUT2D eigenvalue weighted by Crippen LogP contribution is -2.14. The van der Waals surface area contributed by atoms with Gasteiger partial charge in [0, 0.05) is 17.4 Å². The Labute approximate surface area is 152 Å². The van der Waals surface area contributed by atoms with Crippen LogP contribution in [0.5, 0.6) is 23.0 Å². The zero-order valence-electron chi connectivity index (χ0n) is 13.6. The highest BCUT2D eigenvalue weighted by atomic mass is 32.2. The maximum absolute atomic E-state index is 12.3. The van der Waals surface area contributed by atoms with E-state index >= 15 is 0 Å². The van der Waals surface area contributed by atoms with Crippen molar-refractivity contribution in [1.82, 2.24) is 0 Å². The molecule has 2 aromatic carbocycles. The first kappa shape index (κ1) is 19.8. The zero-order chi connectivity index (χ0) is 20.7. The van der Waals surface area contributed by atoms with E-state index in [2.05, 4.69) is 0 Å². The molecule has 0 amide bonds. The van der Waals surface area contributed by atoms with Crippen LogP contribution in [0.2, 0.25) is 0 Å². The molecule has 6 N–H and O–H groups in total. The number of carboxylic acids is 2. The summed E-state index contributed by atoms with van der Waals surface area (Å²) in [6, 6.07) is 2.67. The minimum absolute atomic E-state index is 0.474. The van der Waals surface area contributed by atoms with Crippen molar-refractivity contribution in [2.24, 2.45) is 0 Å². The Hall–Kier alpha value is -3.47. The van der Waals surface area contributed by atoms with Crippen molar-refractivity contribution < 1.29 is 48.6 Å². The van der Waals surface area contributed by atoms with E-state index < -0.39 is 72.3 Å². The van der Waals surface area contributed by atoms with Crippen LogP contribution in [0.25, 0.3) is 0 Å². The zero-order valence-corrected chi connectivity index (χ0v) is 14.4. The Morgan fingerprint density at radius 3 is 1.33 bits per heavy atom. The number of aromatic hydroxyl groups is 4. The maximum atomic E-state index is 12.3. The van der Waals surface area contributed by atoms with Crippen molar-refractivity contribution in [1.29, 1.82) is 0 Å². The standard InChI is InChI=1S/C16H14O10S/c1-27(25,26)14(6-2-12(19)8(15(21)22)4-10(6)17)7-3-13(20)9(16(23)24)5-11(7)18/h2-5,14,17-20H,1H3,(H,21,22)(H,23,24). The molecule has 0 fully saturated rings. The molecule has 2 rings (SSSR count). The van der Waals surface area contributed by atoms with Gasteiger partial charge in [-0.2, -0.15) is 0 Å². The number of carbonyl (C=O) groups is 2. The fraction of sp³-hybridized carbons (Fsp3) is 0.125. The van der Waals surface area contributed by atoms with Gasteiger partial charge < -0.3 is 30.6 Å². The van der Waals surface area contributed by atoms with E-state index in [4.69, 9.17) is 10.2 Å². The Balaban J connectivity index is 2.81. The first-order valence-corrected chi connectivity index (χ1v) is 9.07. The summed E-state index contributed by atoms with van der Waals surface area (Å²) in [7, 11) is -4.15. The molecule has 0 heterocycles. The lowest BCUT2D eigenvalue weighted by atomic mass is 9.98. The second-order valence-electron chi connectivity index (χ2n) is 5.68. The van der Waals surface area contributed by atoms with Gasteiger partial charge in [0.2, 0.25) is 0 Å². The van der Waals surface area contributed by atoms with Crippen LogP contribution in [0.15, 0.2) is 24.3 Å². The summed E-state index contributed by atoms with van der Waals surface area (Å²) in [4.78, 5) is 22.0. The van der Waals surface area contributed by atoms with Crippen LogP contribution in [0.1, 0.15) is 37.1 Å². The molecular formula is C16H14O10S. The quantitative estimate of drug-likeness (QED) is 0.397. The van der Waals surface area contributed by atoms with Gasteiger partial charge in [-0.25, -0.2) is 18.0 Å². The molecule has 0 atom stereocenters. The van der Waals surface area contributed by atoms with E-state index in [1.165, 1.54) is 0 Å². The predicted octanol–water partition coefficient (Wildman–Crippen LogP) is 1.04. The minimum Gasteiger partial charge on any atom is -0.508 e. The molecular weight excluding hydrogens is 384 g/mol. The Morgan fingerprint density at radius 2 is 1.07 bits per heavy atom. The number of benzene rings is 2. The highest BCUT2D eigenvalue weighted by molar-refractivity contribution is 7.91. The Kier molecular flexibility index (Phi) is 4.91. The maximum Gasteiger partial charge on any atom is 0.339 e. The van der Waals surface area contributed by atoms with E-state index in [1.54, 1.807) is 0 Å². The normalized spacial score (nSPS) is 11.5. The third-order valence-electron chi connectivity index (χ3n) is 3.74. The van der Waals surface area contributed by atoms with Crippen LogP contribution >= 0.6 is 0 Å². The number of phenolic OH excluding ortho intramolecular Hbond substituents is 2. The fourth-order valence-corrected chi connectivity index (χ4v) is 3.88. The summed E-state index contributed by atoms with van der Waals surface area (Å²) in [6.45, 7) is 0. The minimum atomic E-state index is -4.15. The third kappa shape index (κ3) is 3.72. The summed E-state index contributed by atoms with van der Waals surface area (Å²) in [5, 5.41) is 55.8. The first-order valence-electron chi connectivity index (χ1n) is 7.11. The van der Waals surface area contributed by atoms with Gasteiger partial charge in [0.05, 0.1) is 0 Å². The summed E-state index contributed by atoms with van der Waals surface area (Å²) < 4.78 is 24.6. The first-order chi connectivity index (χ1) is 12.3. The summed E-state index contributed by atoms with van der Waals surface area (Å²) in [5.41, 5.74) is -2.32. The van der Waals surface area contributed by atoms with Crippen molar-refractivity contribution in [2.45, 2.75) is 5.25 Å². The molecule has 10 nitrogen and oxygen atoms in total. The van der Waals surface area contributed by atoms with Crippen LogP contribution in [-0.4, -0.2) is 57.3 Å². The van der Waals surface area contributed by atoms with Crippen molar-refractivity contribution in [2.75, 3.05) is 6.26 Å².